The Morgan fingerprint density at radius 3 is 2.65 bits per heavy atom. The molecule has 1 aliphatic rings. The molecule has 1 atom stereocenters. The molecular formula is C25H21ClN4O. The van der Waals surface area contributed by atoms with E-state index in [0.29, 0.717) is 23.1 Å². The Hall–Kier alpha value is -3.44. The first-order chi connectivity index (χ1) is 15.2. The topological polar surface area (TPSA) is 58.1 Å². The number of hydrogen-bond acceptors (Lipinski definition) is 4. The molecule has 1 N–H and O–H groups in total. The van der Waals surface area contributed by atoms with E-state index in [2.05, 4.69) is 45.5 Å². The fourth-order valence-electron chi connectivity index (χ4n) is 3.94. The Morgan fingerprint density at radius 2 is 1.81 bits per heavy atom. The molecule has 0 aliphatic carbocycles. The van der Waals surface area contributed by atoms with E-state index >= 15 is 0 Å². The van der Waals surface area contributed by atoms with Crippen molar-refractivity contribution in [1.82, 2.24) is 15.3 Å². The van der Waals surface area contributed by atoms with E-state index < -0.39 is 0 Å². The Bertz CT molecular complexity index is 1240. The molecule has 6 heteroatoms. The highest BCUT2D eigenvalue weighted by Gasteiger charge is 2.26. The van der Waals surface area contributed by atoms with Crippen molar-refractivity contribution in [2.24, 2.45) is 0 Å². The molecule has 3 aromatic carbocycles. The summed E-state index contributed by atoms with van der Waals surface area (Å²) in [7, 11) is 0. The van der Waals surface area contributed by atoms with Gasteiger partial charge in [0.2, 0.25) is 5.95 Å². The maximum atomic E-state index is 12.5. The molecule has 0 radical (unpaired) electrons. The van der Waals surface area contributed by atoms with Crippen molar-refractivity contribution in [2.45, 2.75) is 12.5 Å². The minimum atomic E-state index is -0.0886. The van der Waals surface area contributed by atoms with E-state index in [4.69, 9.17) is 16.6 Å². The number of aromatic nitrogens is 2. The van der Waals surface area contributed by atoms with Crippen LogP contribution in [0.25, 0.3) is 22.0 Å². The summed E-state index contributed by atoms with van der Waals surface area (Å²) in [5.41, 5.74) is 2.57. The summed E-state index contributed by atoms with van der Waals surface area (Å²) in [6.07, 6.45) is 2.65. The van der Waals surface area contributed by atoms with Crippen LogP contribution in [-0.4, -0.2) is 35.0 Å². The van der Waals surface area contributed by atoms with Crippen molar-refractivity contribution in [1.29, 1.82) is 0 Å². The molecule has 4 aromatic rings. The van der Waals surface area contributed by atoms with Crippen LogP contribution in [0.4, 0.5) is 5.95 Å². The van der Waals surface area contributed by atoms with Gasteiger partial charge in [-0.2, -0.15) is 0 Å². The molecule has 1 aromatic heterocycles. The summed E-state index contributed by atoms with van der Waals surface area (Å²) < 4.78 is 0. The number of anilines is 1. The molecule has 1 amide bonds. The van der Waals surface area contributed by atoms with Gasteiger partial charge in [-0.1, -0.05) is 48.0 Å². The van der Waals surface area contributed by atoms with Gasteiger partial charge in [-0.15, -0.1) is 0 Å². The Labute approximate surface area is 185 Å². The highest BCUT2D eigenvalue weighted by molar-refractivity contribution is 6.30. The van der Waals surface area contributed by atoms with Crippen LogP contribution in [0.2, 0.25) is 5.02 Å². The quantitative estimate of drug-likeness (QED) is 0.499. The van der Waals surface area contributed by atoms with E-state index in [1.165, 1.54) is 10.8 Å². The minimum Gasteiger partial charge on any atom is -0.347 e. The van der Waals surface area contributed by atoms with Crippen LogP contribution < -0.4 is 10.2 Å². The minimum absolute atomic E-state index is 0.0519. The molecule has 2 heterocycles. The third-order valence-electron chi connectivity index (χ3n) is 5.60. The van der Waals surface area contributed by atoms with Gasteiger partial charge in [0, 0.05) is 41.5 Å². The van der Waals surface area contributed by atoms with Crippen LogP contribution in [0.3, 0.4) is 0 Å². The smallest absolute Gasteiger partial charge is 0.251 e. The molecule has 0 bridgehead atoms. The predicted octanol–water partition coefficient (Wildman–Crippen LogP) is 4.96. The maximum Gasteiger partial charge on any atom is 0.251 e. The van der Waals surface area contributed by atoms with Crippen LogP contribution in [-0.2, 0) is 0 Å². The van der Waals surface area contributed by atoms with Crippen LogP contribution in [0.15, 0.2) is 79.0 Å². The molecular weight excluding hydrogens is 408 g/mol. The molecule has 0 unspecified atom stereocenters. The molecule has 0 spiro atoms. The van der Waals surface area contributed by atoms with Crippen molar-refractivity contribution in [3.8, 4) is 11.3 Å². The average molecular weight is 429 g/mol. The maximum absolute atomic E-state index is 12.5. The van der Waals surface area contributed by atoms with Crippen molar-refractivity contribution in [3.63, 3.8) is 0 Å². The molecule has 1 saturated heterocycles. The van der Waals surface area contributed by atoms with Crippen molar-refractivity contribution >= 4 is 34.2 Å². The van der Waals surface area contributed by atoms with Crippen LogP contribution in [0.5, 0.6) is 0 Å². The summed E-state index contributed by atoms with van der Waals surface area (Å²) in [6.45, 7) is 1.48. The van der Waals surface area contributed by atoms with Crippen LogP contribution in [0.1, 0.15) is 16.8 Å². The zero-order valence-electron chi connectivity index (χ0n) is 16.8. The summed E-state index contributed by atoms with van der Waals surface area (Å²) in [6, 6.07) is 23.6. The lowest BCUT2D eigenvalue weighted by Crippen LogP contribution is -2.37. The fraction of sp³-hybridized carbons (Fsp3) is 0.160. The normalized spacial score (nSPS) is 15.9. The number of carbonyl (C=O) groups excluding carboxylic acids is 1. The van der Waals surface area contributed by atoms with Gasteiger partial charge in [-0.25, -0.2) is 9.97 Å². The van der Waals surface area contributed by atoms with Gasteiger partial charge >= 0.3 is 0 Å². The van der Waals surface area contributed by atoms with E-state index in [9.17, 15) is 4.79 Å². The van der Waals surface area contributed by atoms with Gasteiger partial charge in [0.25, 0.3) is 5.91 Å². The SMILES string of the molecule is O=C(N[C@@H]1CCN(c2nccc(-c3ccc4ccccc4c3)n2)C1)c1ccc(Cl)cc1. The van der Waals surface area contributed by atoms with Crippen LogP contribution in [0, 0.1) is 0 Å². The molecule has 31 heavy (non-hydrogen) atoms. The number of amides is 1. The Morgan fingerprint density at radius 1 is 1.00 bits per heavy atom. The second-order valence-corrected chi connectivity index (χ2v) is 8.15. The first-order valence-corrected chi connectivity index (χ1v) is 10.7. The first kappa shape index (κ1) is 19.5. The fourth-order valence-corrected chi connectivity index (χ4v) is 4.07. The van der Waals surface area contributed by atoms with E-state index in [-0.39, 0.29) is 11.9 Å². The van der Waals surface area contributed by atoms with Gasteiger partial charge in [-0.3, -0.25) is 4.79 Å². The molecule has 1 aliphatic heterocycles. The first-order valence-electron chi connectivity index (χ1n) is 10.3. The summed E-state index contributed by atoms with van der Waals surface area (Å²) >= 11 is 5.91. The third kappa shape index (κ3) is 4.23. The van der Waals surface area contributed by atoms with E-state index in [1.54, 1.807) is 30.5 Å². The highest BCUT2D eigenvalue weighted by atomic mass is 35.5. The van der Waals surface area contributed by atoms with E-state index in [1.807, 2.05) is 18.2 Å². The number of halogens is 1. The standard InChI is InChI=1S/C25H21ClN4O/c26-21-9-7-18(8-10-21)24(31)28-22-12-14-30(16-22)25-27-13-11-23(29-25)20-6-5-17-3-1-2-4-19(17)15-20/h1-11,13,15,22H,12,14,16H2,(H,28,31)/t22-/m1/s1. The lowest BCUT2D eigenvalue weighted by Gasteiger charge is -2.17. The number of nitrogens with zero attached hydrogens (tertiary/aromatic N) is 3. The average Bonchev–Trinajstić information content (AvgIpc) is 3.28. The van der Waals surface area contributed by atoms with Gasteiger partial charge < -0.3 is 10.2 Å². The number of hydrogen-bond donors (Lipinski definition) is 1. The monoisotopic (exact) mass is 428 g/mol. The van der Waals surface area contributed by atoms with Crippen LogP contribution >= 0.6 is 11.6 Å². The number of fused-ring (bicyclic) bond motifs is 1. The molecule has 0 saturated carbocycles. The Kier molecular flexibility index (Phi) is 5.26. The number of benzene rings is 3. The van der Waals surface area contributed by atoms with Gasteiger partial charge in [0.1, 0.15) is 0 Å². The van der Waals surface area contributed by atoms with Gasteiger partial charge in [0.05, 0.1) is 5.69 Å². The second-order valence-electron chi connectivity index (χ2n) is 7.72. The molecule has 1 fully saturated rings. The number of nitrogens with one attached hydrogen (secondary N) is 1. The highest BCUT2D eigenvalue weighted by Crippen LogP contribution is 2.25. The molecule has 154 valence electrons. The molecule has 5 nitrogen and oxygen atoms in total. The largest absolute Gasteiger partial charge is 0.347 e. The Balaban J connectivity index is 1.30. The summed E-state index contributed by atoms with van der Waals surface area (Å²) in [5.74, 6) is 0.600. The zero-order valence-corrected chi connectivity index (χ0v) is 17.6. The lowest BCUT2D eigenvalue weighted by molar-refractivity contribution is 0.0940. The van der Waals surface area contributed by atoms with Gasteiger partial charge in [-0.05, 0) is 53.6 Å². The summed E-state index contributed by atoms with van der Waals surface area (Å²) in [5, 5.41) is 6.11. The van der Waals surface area contributed by atoms with Crippen molar-refractivity contribution < 1.29 is 4.79 Å². The summed E-state index contributed by atoms with van der Waals surface area (Å²) in [4.78, 5) is 23.9. The van der Waals surface area contributed by atoms with E-state index in [0.717, 1.165) is 24.2 Å². The second kappa shape index (κ2) is 8.36. The van der Waals surface area contributed by atoms with Crippen molar-refractivity contribution in [2.75, 3.05) is 18.0 Å². The zero-order chi connectivity index (χ0) is 21.2. The third-order valence-corrected chi connectivity index (χ3v) is 5.85. The van der Waals surface area contributed by atoms with Gasteiger partial charge in [0.15, 0.2) is 0 Å². The predicted molar refractivity (Wildman–Crippen MR) is 125 cm³/mol. The lowest BCUT2D eigenvalue weighted by atomic mass is 10.1. The van der Waals surface area contributed by atoms with Crippen molar-refractivity contribution in [3.05, 3.63) is 89.6 Å². The number of rotatable bonds is 4. The number of carbonyl (C=O) groups is 1. The molecule has 5 rings (SSSR count).